The van der Waals surface area contributed by atoms with Gasteiger partial charge in [0.1, 0.15) is 0 Å². The average Bonchev–Trinajstić information content (AvgIpc) is 2.64. The van der Waals surface area contributed by atoms with E-state index in [-0.39, 0.29) is 0 Å². The Balaban J connectivity index is 2.10. The molecule has 2 aromatic carbocycles. The fourth-order valence-corrected chi connectivity index (χ4v) is 2.62. The van der Waals surface area contributed by atoms with Crippen LogP contribution in [0.15, 0.2) is 35.4 Å². The third-order valence-corrected chi connectivity index (χ3v) is 4.22. The zero-order chi connectivity index (χ0) is 19.1. The van der Waals surface area contributed by atoms with Crippen molar-refractivity contribution in [3.05, 3.63) is 46.5 Å². The number of ether oxygens (including phenoxy) is 3. The summed E-state index contributed by atoms with van der Waals surface area (Å²) in [5.74, 6) is 1.58. The number of thiocarbonyl (C=S) groups is 1. The number of anilines is 1. The maximum atomic E-state index is 6.10. The van der Waals surface area contributed by atoms with Crippen molar-refractivity contribution in [1.29, 1.82) is 0 Å². The lowest BCUT2D eigenvalue weighted by Gasteiger charge is -2.14. The number of methoxy groups -OCH3 is 3. The molecule has 0 saturated heterocycles. The lowest BCUT2D eigenvalue weighted by molar-refractivity contribution is 0.324. The van der Waals surface area contributed by atoms with E-state index < -0.39 is 0 Å². The van der Waals surface area contributed by atoms with E-state index >= 15 is 0 Å². The van der Waals surface area contributed by atoms with Crippen molar-refractivity contribution in [2.24, 2.45) is 5.10 Å². The zero-order valence-corrected chi connectivity index (χ0v) is 16.5. The average molecular weight is 394 g/mol. The van der Waals surface area contributed by atoms with E-state index in [4.69, 9.17) is 38.0 Å². The van der Waals surface area contributed by atoms with Crippen molar-refractivity contribution in [3.63, 3.8) is 0 Å². The Hall–Kier alpha value is -2.51. The summed E-state index contributed by atoms with van der Waals surface area (Å²) in [7, 11) is 4.66. The smallest absolute Gasteiger partial charge is 0.203 e. The first-order chi connectivity index (χ1) is 12.5. The Bertz CT molecular complexity index is 828. The summed E-state index contributed by atoms with van der Waals surface area (Å²) in [5, 5.41) is 8.20. The molecular weight excluding hydrogens is 374 g/mol. The predicted octanol–water partition coefficient (Wildman–Crippen LogP) is 3.99. The van der Waals surface area contributed by atoms with Crippen molar-refractivity contribution in [2.45, 2.75) is 6.92 Å². The highest BCUT2D eigenvalue weighted by atomic mass is 35.5. The Morgan fingerprint density at radius 1 is 1.08 bits per heavy atom. The lowest BCUT2D eigenvalue weighted by atomic mass is 10.2. The quantitative estimate of drug-likeness (QED) is 0.439. The van der Waals surface area contributed by atoms with E-state index in [2.05, 4.69) is 15.8 Å². The molecule has 2 N–H and O–H groups in total. The van der Waals surface area contributed by atoms with E-state index in [9.17, 15) is 0 Å². The summed E-state index contributed by atoms with van der Waals surface area (Å²) in [6, 6.07) is 9.13. The number of nitrogens with one attached hydrogen (secondary N) is 2. The molecule has 2 rings (SSSR count). The van der Waals surface area contributed by atoms with Gasteiger partial charge in [-0.25, -0.2) is 0 Å². The molecule has 8 heteroatoms. The zero-order valence-electron chi connectivity index (χ0n) is 14.9. The Morgan fingerprint density at radius 2 is 1.81 bits per heavy atom. The third kappa shape index (κ3) is 4.56. The molecule has 0 aromatic heterocycles. The minimum atomic E-state index is 0.339. The molecule has 6 nitrogen and oxygen atoms in total. The molecule has 138 valence electrons. The fraction of sp³-hybridized carbons (Fsp3) is 0.222. The molecule has 0 atom stereocenters. The van der Waals surface area contributed by atoms with Gasteiger partial charge in [0.15, 0.2) is 16.6 Å². The van der Waals surface area contributed by atoms with Gasteiger partial charge >= 0.3 is 0 Å². The summed E-state index contributed by atoms with van der Waals surface area (Å²) in [5.41, 5.74) is 5.19. The van der Waals surface area contributed by atoms with Gasteiger partial charge < -0.3 is 19.5 Å². The van der Waals surface area contributed by atoms with Gasteiger partial charge in [0.05, 0.1) is 27.5 Å². The molecule has 0 unspecified atom stereocenters. The van der Waals surface area contributed by atoms with Crippen LogP contribution in [-0.4, -0.2) is 32.7 Å². The molecule has 0 radical (unpaired) electrons. The molecule has 0 aliphatic heterocycles. The van der Waals surface area contributed by atoms with Gasteiger partial charge in [-0.2, -0.15) is 5.10 Å². The Morgan fingerprint density at radius 3 is 2.46 bits per heavy atom. The third-order valence-electron chi connectivity index (χ3n) is 3.62. The molecule has 0 fully saturated rings. The van der Waals surface area contributed by atoms with Crippen molar-refractivity contribution in [1.82, 2.24) is 5.43 Å². The van der Waals surface area contributed by atoms with Gasteiger partial charge in [0.25, 0.3) is 0 Å². The highest BCUT2D eigenvalue weighted by molar-refractivity contribution is 7.80. The van der Waals surface area contributed by atoms with Crippen LogP contribution in [0, 0.1) is 6.92 Å². The van der Waals surface area contributed by atoms with Crippen LogP contribution < -0.4 is 25.0 Å². The van der Waals surface area contributed by atoms with Gasteiger partial charge in [-0.3, -0.25) is 5.43 Å². The van der Waals surface area contributed by atoms with E-state index in [0.29, 0.717) is 32.9 Å². The fourth-order valence-electron chi connectivity index (χ4n) is 2.28. The van der Waals surface area contributed by atoms with Crippen molar-refractivity contribution < 1.29 is 14.2 Å². The molecule has 0 saturated carbocycles. The topological polar surface area (TPSA) is 64.1 Å². The van der Waals surface area contributed by atoms with Crippen LogP contribution in [0.25, 0.3) is 0 Å². The van der Waals surface area contributed by atoms with Gasteiger partial charge in [0.2, 0.25) is 5.75 Å². The first-order valence-corrected chi connectivity index (χ1v) is 8.44. The molecule has 26 heavy (non-hydrogen) atoms. The molecule has 0 heterocycles. The first-order valence-electron chi connectivity index (χ1n) is 7.66. The highest BCUT2D eigenvalue weighted by Crippen LogP contribution is 2.38. The van der Waals surface area contributed by atoms with Crippen LogP contribution in [0.3, 0.4) is 0 Å². The maximum absolute atomic E-state index is 6.10. The minimum Gasteiger partial charge on any atom is -0.493 e. The van der Waals surface area contributed by atoms with Crippen molar-refractivity contribution >= 4 is 40.8 Å². The molecule has 2 aromatic rings. The second kappa shape index (κ2) is 9.26. The number of nitrogens with zero attached hydrogens (tertiary/aromatic N) is 1. The van der Waals surface area contributed by atoms with Crippen LogP contribution >= 0.6 is 23.8 Å². The predicted molar refractivity (Wildman–Crippen MR) is 109 cm³/mol. The largest absolute Gasteiger partial charge is 0.493 e. The molecular formula is C18H20ClN3O3S. The number of hydrogen-bond acceptors (Lipinski definition) is 5. The van der Waals surface area contributed by atoms with E-state index in [1.54, 1.807) is 33.6 Å². The standard InChI is InChI=1S/C18H20ClN3O3S/c1-11-13(19)6-5-7-14(11)21-18(26)22-20-10-12-8-9-15(23-2)17(25-4)16(12)24-3/h5-10H,1-4H3,(H2,21,22,26)/b20-10-. The molecule has 0 spiro atoms. The summed E-state index contributed by atoms with van der Waals surface area (Å²) >= 11 is 11.3. The van der Waals surface area contributed by atoms with Crippen LogP contribution in [-0.2, 0) is 0 Å². The SMILES string of the molecule is COc1ccc(/C=N\NC(=S)Nc2cccc(Cl)c2C)c(OC)c1OC. The highest BCUT2D eigenvalue weighted by Gasteiger charge is 2.14. The van der Waals surface area contributed by atoms with Crippen molar-refractivity contribution in [3.8, 4) is 17.2 Å². The number of rotatable bonds is 6. The van der Waals surface area contributed by atoms with Crippen LogP contribution in [0.4, 0.5) is 5.69 Å². The van der Waals surface area contributed by atoms with E-state index in [0.717, 1.165) is 11.3 Å². The summed E-state index contributed by atoms with van der Waals surface area (Å²) in [6.45, 7) is 1.91. The van der Waals surface area contributed by atoms with Crippen LogP contribution in [0.1, 0.15) is 11.1 Å². The van der Waals surface area contributed by atoms with E-state index in [1.165, 1.54) is 0 Å². The molecule has 0 amide bonds. The minimum absolute atomic E-state index is 0.339. The van der Waals surface area contributed by atoms with Gasteiger partial charge in [-0.15, -0.1) is 0 Å². The number of halogens is 1. The Kier molecular flexibility index (Phi) is 7.06. The monoisotopic (exact) mass is 393 g/mol. The summed E-state index contributed by atoms with van der Waals surface area (Å²) < 4.78 is 16.0. The summed E-state index contributed by atoms with van der Waals surface area (Å²) in [4.78, 5) is 0. The van der Waals surface area contributed by atoms with Crippen LogP contribution in [0.2, 0.25) is 5.02 Å². The van der Waals surface area contributed by atoms with E-state index in [1.807, 2.05) is 31.2 Å². The second-order valence-electron chi connectivity index (χ2n) is 5.16. The van der Waals surface area contributed by atoms with Gasteiger partial charge in [-0.1, -0.05) is 17.7 Å². The maximum Gasteiger partial charge on any atom is 0.203 e. The van der Waals surface area contributed by atoms with Gasteiger partial charge in [0, 0.05) is 16.3 Å². The summed E-state index contributed by atoms with van der Waals surface area (Å²) in [6.07, 6.45) is 1.58. The van der Waals surface area contributed by atoms with Gasteiger partial charge in [-0.05, 0) is 49.0 Å². The lowest BCUT2D eigenvalue weighted by Crippen LogP contribution is -2.24. The number of hydrogen-bond donors (Lipinski definition) is 2. The molecule has 0 aliphatic carbocycles. The Labute approximate surface area is 163 Å². The normalized spacial score (nSPS) is 10.5. The number of hydrazone groups is 1. The second-order valence-corrected chi connectivity index (χ2v) is 5.98. The molecule has 0 bridgehead atoms. The van der Waals surface area contributed by atoms with Crippen LogP contribution in [0.5, 0.6) is 17.2 Å². The van der Waals surface area contributed by atoms with Crippen molar-refractivity contribution in [2.75, 3.05) is 26.6 Å². The molecule has 0 aliphatic rings. The number of benzene rings is 2. The first kappa shape index (κ1) is 19.8.